The monoisotopic (exact) mass is 412 g/mol. The van der Waals surface area contributed by atoms with Crippen molar-refractivity contribution >= 4 is 23.4 Å². The molecular weight excluding hydrogens is 396 g/mol. The maximum Gasteiger partial charge on any atom is 0.226 e. The Kier molecular flexibility index (Phi) is 5.36. The Morgan fingerprint density at radius 1 is 1.18 bits per heavy atom. The number of methoxy groups -OCH3 is 1. The highest BCUT2D eigenvalue weighted by molar-refractivity contribution is 7.98. The Morgan fingerprint density at radius 3 is 2.75 bits per heavy atom. The standard InChI is InChI=1S/C20H17ClN4O2S/c1-13-3-6-16(9-18(13)21)25-12-22-24-20(25)28-11-15-10-27-19(23-15)14-4-7-17(26-2)8-5-14/h3-10,12H,11H2,1-2H3. The highest BCUT2D eigenvalue weighted by atomic mass is 35.5. The first kappa shape index (κ1) is 18.6. The molecule has 4 aromatic rings. The fourth-order valence-corrected chi connectivity index (χ4v) is 3.59. The Balaban J connectivity index is 1.48. The van der Waals surface area contributed by atoms with Crippen LogP contribution in [-0.4, -0.2) is 26.9 Å². The number of thioether (sulfide) groups is 1. The van der Waals surface area contributed by atoms with Crippen molar-refractivity contribution in [3.8, 4) is 22.9 Å². The van der Waals surface area contributed by atoms with Gasteiger partial charge in [0.25, 0.3) is 0 Å². The number of oxazole rings is 1. The zero-order valence-corrected chi connectivity index (χ0v) is 16.9. The molecule has 0 aliphatic rings. The summed E-state index contributed by atoms with van der Waals surface area (Å²) in [7, 11) is 1.64. The Labute approximate surface area is 171 Å². The van der Waals surface area contributed by atoms with Crippen molar-refractivity contribution in [2.75, 3.05) is 7.11 Å². The predicted octanol–water partition coefficient (Wildman–Crippen LogP) is 5.19. The number of aryl methyl sites for hydroxylation is 1. The van der Waals surface area contributed by atoms with E-state index in [0.29, 0.717) is 16.7 Å². The van der Waals surface area contributed by atoms with Gasteiger partial charge >= 0.3 is 0 Å². The number of ether oxygens (including phenoxy) is 1. The lowest BCUT2D eigenvalue weighted by Gasteiger charge is -2.07. The van der Waals surface area contributed by atoms with Gasteiger partial charge in [-0.25, -0.2) is 4.98 Å². The largest absolute Gasteiger partial charge is 0.497 e. The minimum absolute atomic E-state index is 0.574. The van der Waals surface area contributed by atoms with Crippen LogP contribution >= 0.6 is 23.4 Å². The maximum absolute atomic E-state index is 6.24. The van der Waals surface area contributed by atoms with Crippen LogP contribution in [0.4, 0.5) is 0 Å². The van der Waals surface area contributed by atoms with Crippen molar-refractivity contribution in [3.05, 3.63) is 71.3 Å². The van der Waals surface area contributed by atoms with Gasteiger partial charge in [0.2, 0.25) is 5.89 Å². The zero-order valence-electron chi connectivity index (χ0n) is 15.3. The topological polar surface area (TPSA) is 66.0 Å². The summed E-state index contributed by atoms with van der Waals surface area (Å²) >= 11 is 7.77. The summed E-state index contributed by atoms with van der Waals surface area (Å²) in [5, 5.41) is 9.70. The second-order valence-corrected chi connectivity index (χ2v) is 7.43. The quantitative estimate of drug-likeness (QED) is 0.406. The average molecular weight is 413 g/mol. The van der Waals surface area contributed by atoms with Crippen LogP contribution < -0.4 is 4.74 Å². The summed E-state index contributed by atoms with van der Waals surface area (Å²) < 4.78 is 12.7. The van der Waals surface area contributed by atoms with Gasteiger partial charge in [-0.15, -0.1) is 10.2 Å². The molecule has 0 aliphatic heterocycles. The van der Waals surface area contributed by atoms with Crippen molar-refractivity contribution in [3.63, 3.8) is 0 Å². The molecule has 0 fully saturated rings. The van der Waals surface area contributed by atoms with E-state index in [-0.39, 0.29) is 0 Å². The number of benzene rings is 2. The Bertz CT molecular complexity index is 1090. The molecule has 0 bridgehead atoms. The minimum Gasteiger partial charge on any atom is -0.497 e. The third-order valence-corrected chi connectivity index (χ3v) is 5.57. The van der Waals surface area contributed by atoms with Crippen LogP contribution in [-0.2, 0) is 5.75 Å². The van der Waals surface area contributed by atoms with Crippen LogP contribution in [0.25, 0.3) is 17.1 Å². The van der Waals surface area contributed by atoms with Gasteiger partial charge in [-0.2, -0.15) is 0 Å². The molecular formula is C20H17ClN4O2S. The summed E-state index contributed by atoms with van der Waals surface area (Å²) in [5.74, 6) is 1.98. The summed E-state index contributed by atoms with van der Waals surface area (Å²) in [4.78, 5) is 4.56. The first-order chi connectivity index (χ1) is 13.6. The van der Waals surface area contributed by atoms with Crippen LogP contribution in [0.3, 0.4) is 0 Å². The summed E-state index contributed by atoms with van der Waals surface area (Å²) in [6, 6.07) is 13.5. The van der Waals surface area contributed by atoms with Gasteiger partial charge in [0, 0.05) is 16.3 Å². The second-order valence-electron chi connectivity index (χ2n) is 6.08. The summed E-state index contributed by atoms with van der Waals surface area (Å²) in [6.07, 6.45) is 3.34. The van der Waals surface area contributed by atoms with Gasteiger partial charge in [-0.05, 0) is 48.9 Å². The number of hydrogen-bond acceptors (Lipinski definition) is 6. The fraction of sp³-hybridized carbons (Fsp3) is 0.150. The second kappa shape index (κ2) is 8.08. The molecule has 2 heterocycles. The SMILES string of the molecule is COc1ccc(-c2nc(CSc3nncn3-c3ccc(C)c(Cl)c3)co2)cc1. The molecule has 8 heteroatoms. The first-order valence-electron chi connectivity index (χ1n) is 8.52. The molecule has 28 heavy (non-hydrogen) atoms. The third-order valence-electron chi connectivity index (χ3n) is 4.19. The lowest BCUT2D eigenvalue weighted by molar-refractivity contribution is 0.415. The Hall–Kier alpha value is -2.77. The van der Waals surface area contributed by atoms with E-state index in [4.69, 9.17) is 20.8 Å². The molecule has 0 amide bonds. The van der Waals surface area contributed by atoms with E-state index in [1.807, 2.05) is 54.0 Å². The molecule has 0 saturated carbocycles. The van der Waals surface area contributed by atoms with Crippen LogP contribution in [0, 0.1) is 6.92 Å². The van der Waals surface area contributed by atoms with Crippen LogP contribution in [0.2, 0.25) is 5.02 Å². The molecule has 2 aromatic carbocycles. The molecule has 4 rings (SSSR count). The molecule has 0 aliphatic carbocycles. The van der Waals surface area contributed by atoms with Gasteiger partial charge < -0.3 is 9.15 Å². The zero-order chi connectivity index (χ0) is 19.5. The number of halogens is 1. The van der Waals surface area contributed by atoms with E-state index in [1.165, 1.54) is 11.8 Å². The van der Waals surface area contributed by atoms with E-state index in [1.54, 1.807) is 19.7 Å². The van der Waals surface area contributed by atoms with Crippen LogP contribution in [0.1, 0.15) is 11.3 Å². The van der Waals surface area contributed by atoms with Gasteiger partial charge in [0.1, 0.15) is 18.3 Å². The highest BCUT2D eigenvalue weighted by Gasteiger charge is 2.12. The summed E-state index contributed by atoms with van der Waals surface area (Å²) in [6.45, 7) is 1.97. The van der Waals surface area contributed by atoms with E-state index in [2.05, 4.69) is 15.2 Å². The van der Waals surface area contributed by atoms with Crippen molar-refractivity contribution in [2.24, 2.45) is 0 Å². The van der Waals surface area contributed by atoms with Gasteiger partial charge in [0.05, 0.1) is 18.5 Å². The number of hydrogen-bond donors (Lipinski definition) is 0. The molecule has 0 atom stereocenters. The van der Waals surface area contributed by atoms with Crippen molar-refractivity contribution in [1.29, 1.82) is 0 Å². The van der Waals surface area contributed by atoms with Crippen molar-refractivity contribution in [1.82, 2.24) is 19.7 Å². The van der Waals surface area contributed by atoms with Crippen molar-refractivity contribution in [2.45, 2.75) is 17.8 Å². The molecule has 0 radical (unpaired) electrons. The van der Waals surface area contributed by atoms with Gasteiger partial charge in [0.15, 0.2) is 5.16 Å². The van der Waals surface area contributed by atoms with E-state index >= 15 is 0 Å². The lowest BCUT2D eigenvalue weighted by Crippen LogP contribution is -1.96. The van der Waals surface area contributed by atoms with E-state index < -0.39 is 0 Å². The van der Waals surface area contributed by atoms with Gasteiger partial charge in [-0.3, -0.25) is 4.57 Å². The van der Waals surface area contributed by atoms with Crippen LogP contribution in [0.5, 0.6) is 5.75 Å². The normalized spacial score (nSPS) is 11.0. The van der Waals surface area contributed by atoms with E-state index in [9.17, 15) is 0 Å². The molecule has 0 unspecified atom stereocenters. The summed E-state index contributed by atoms with van der Waals surface area (Å²) in [5.41, 5.74) is 3.67. The first-order valence-corrected chi connectivity index (χ1v) is 9.88. The lowest BCUT2D eigenvalue weighted by atomic mass is 10.2. The molecule has 0 spiro atoms. The molecule has 2 aromatic heterocycles. The third kappa shape index (κ3) is 3.90. The fourth-order valence-electron chi connectivity index (χ4n) is 2.61. The minimum atomic E-state index is 0.574. The van der Waals surface area contributed by atoms with Crippen LogP contribution in [0.15, 0.2) is 64.6 Å². The Morgan fingerprint density at radius 2 is 2.00 bits per heavy atom. The smallest absolute Gasteiger partial charge is 0.226 e. The molecule has 142 valence electrons. The average Bonchev–Trinajstić information content (AvgIpc) is 3.38. The maximum atomic E-state index is 6.24. The predicted molar refractivity (Wildman–Crippen MR) is 109 cm³/mol. The molecule has 0 N–H and O–H groups in total. The molecule has 0 saturated heterocycles. The molecule has 6 nitrogen and oxygen atoms in total. The number of nitrogens with zero attached hydrogens (tertiary/aromatic N) is 4. The van der Waals surface area contributed by atoms with Gasteiger partial charge in [-0.1, -0.05) is 29.4 Å². The highest BCUT2D eigenvalue weighted by Crippen LogP contribution is 2.27. The number of aromatic nitrogens is 4. The van der Waals surface area contributed by atoms with E-state index in [0.717, 1.165) is 33.4 Å². The van der Waals surface area contributed by atoms with Crippen molar-refractivity contribution < 1.29 is 9.15 Å². The number of rotatable bonds is 6.